The third kappa shape index (κ3) is 5.77. The molecule has 0 saturated carbocycles. The molecule has 156 valence electrons. The van der Waals surface area contributed by atoms with Gasteiger partial charge in [0.2, 0.25) is 10.0 Å². The van der Waals surface area contributed by atoms with Crippen LogP contribution < -0.4 is 4.72 Å². The molecule has 0 spiro atoms. The van der Waals surface area contributed by atoms with E-state index < -0.39 is 16.1 Å². The molecule has 2 atom stereocenters. The van der Waals surface area contributed by atoms with Gasteiger partial charge in [-0.1, -0.05) is 30.3 Å². The van der Waals surface area contributed by atoms with Crippen molar-refractivity contribution >= 4 is 16.1 Å². The monoisotopic (exact) mass is 417 g/mol. The Hall–Kier alpha value is -2.45. The summed E-state index contributed by atoms with van der Waals surface area (Å²) in [4.78, 5) is 18.6. The Morgan fingerprint density at radius 1 is 1.24 bits per heavy atom. The summed E-state index contributed by atoms with van der Waals surface area (Å²) in [7, 11) is -3.41. The van der Waals surface area contributed by atoms with E-state index in [1.54, 1.807) is 18.0 Å². The van der Waals surface area contributed by atoms with E-state index in [1.165, 1.54) is 0 Å². The standard InChI is InChI=1S/C21H27N3O4S/c1-3-28-21(25)24-13-7-10-19(23-29(2,26)27)20(24)15-18-14-17(11-12-22-18)16-8-5-4-6-9-16/h4-6,8-9,11-12,14,19-20,23H,3,7,10,13,15H2,1-2H3/t19-,20-/m1/s1. The van der Waals surface area contributed by atoms with Gasteiger partial charge < -0.3 is 9.64 Å². The van der Waals surface area contributed by atoms with Crippen LogP contribution in [0.1, 0.15) is 25.5 Å². The summed E-state index contributed by atoms with van der Waals surface area (Å²) >= 11 is 0. The Labute approximate surface area is 172 Å². The van der Waals surface area contributed by atoms with Gasteiger partial charge in [0.1, 0.15) is 0 Å². The Kier molecular flexibility index (Phi) is 6.87. The number of amides is 1. The number of nitrogens with one attached hydrogen (secondary N) is 1. The van der Waals surface area contributed by atoms with Crippen molar-refractivity contribution in [1.82, 2.24) is 14.6 Å². The molecule has 0 unspecified atom stereocenters. The van der Waals surface area contributed by atoms with Gasteiger partial charge in [0, 0.05) is 30.9 Å². The summed E-state index contributed by atoms with van der Waals surface area (Å²) in [5.41, 5.74) is 2.91. The predicted molar refractivity (Wildman–Crippen MR) is 112 cm³/mol. The van der Waals surface area contributed by atoms with Crippen molar-refractivity contribution in [2.45, 2.75) is 38.3 Å². The van der Waals surface area contributed by atoms with Crippen LogP contribution >= 0.6 is 0 Å². The zero-order valence-corrected chi connectivity index (χ0v) is 17.6. The second-order valence-electron chi connectivity index (χ2n) is 7.20. The van der Waals surface area contributed by atoms with Gasteiger partial charge in [-0.15, -0.1) is 0 Å². The van der Waals surface area contributed by atoms with Gasteiger partial charge in [0.25, 0.3) is 0 Å². The van der Waals surface area contributed by atoms with Crippen LogP contribution in [0.3, 0.4) is 0 Å². The van der Waals surface area contributed by atoms with Gasteiger partial charge in [0.05, 0.1) is 18.9 Å². The van der Waals surface area contributed by atoms with Gasteiger partial charge in [-0.05, 0) is 43.0 Å². The molecule has 2 heterocycles. The van der Waals surface area contributed by atoms with Gasteiger partial charge in [-0.3, -0.25) is 4.98 Å². The Balaban J connectivity index is 1.89. The molecule has 1 fully saturated rings. The van der Waals surface area contributed by atoms with E-state index in [0.717, 1.165) is 23.1 Å². The molecule has 3 rings (SSSR count). The zero-order valence-electron chi connectivity index (χ0n) is 16.7. The van der Waals surface area contributed by atoms with Crippen LogP contribution in [0.4, 0.5) is 4.79 Å². The highest BCUT2D eigenvalue weighted by molar-refractivity contribution is 7.88. The minimum atomic E-state index is -3.41. The molecule has 1 N–H and O–H groups in total. The van der Waals surface area contributed by atoms with Crippen LogP contribution in [0, 0.1) is 0 Å². The molecule has 2 aromatic rings. The minimum Gasteiger partial charge on any atom is -0.450 e. The number of nitrogens with zero attached hydrogens (tertiary/aromatic N) is 2. The lowest BCUT2D eigenvalue weighted by Gasteiger charge is -2.40. The number of pyridine rings is 1. The first-order valence-electron chi connectivity index (χ1n) is 9.78. The van der Waals surface area contributed by atoms with Gasteiger partial charge in [-0.2, -0.15) is 0 Å². The van der Waals surface area contributed by atoms with Crippen molar-refractivity contribution < 1.29 is 17.9 Å². The molecule has 1 aliphatic heterocycles. The fourth-order valence-corrected chi connectivity index (χ4v) is 4.59. The highest BCUT2D eigenvalue weighted by Crippen LogP contribution is 2.25. The molecule has 8 heteroatoms. The topological polar surface area (TPSA) is 88.6 Å². The number of sulfonamides is 1. The van der Waals surface area contributed by atoms with Crippen LogP contribution in [0.15, 0.2) is 48.7 Å². The normalized spacial score (nSPS) is 19.7. The fraction of sp³-hybridized carbons (Fsp3) is 0.429. The van der Waals surface area contributed by atoms with Gasteiger partial charge in [0.15, 0.2) is 0 Å². The second kappa shape index (κ2) is 9.37. The summed E-state index contributed by atoms with van der Waals surface area (Å²) in [6.45, 7) is 2.56. The Morgan fingerprint density at radius 2 is 2.00 bits per heavy atom. The van der Waals surface area contributed by atoms with Crippen molar-refractivity contribution in [2.75, 3.05) is 19.4 Å². The van der Waals surface area contributed by atoms with E-state index in [1.807, 2.05) is 42.5 Å². The first kappa shape index (κ1) is 21.3. The van der Waals surface area contributed by atoms with Crippen molar-refractivity contribution in [1.29, 1.82) is 0 Å². The third-order valence-corrected chi connectivity index (χ3v) is 5.72. The van der Waals surface area contributed by atoms with Gasteiger partial charge >= 0.3 is 6.09 Å². The maximum atomic E-state index is 12.5. The highest BCUT2D eigenvalue weighted by Gasteiger charge is 2.36. The minimum absolute atomic E-state index is 0.272. The van der Waals surface area contributed by atoms with E-state index in [4.69, 9.17) is 4.74 Å². The molecule has 1 aromatic carbocycles. The molecule has 29 heavy (non-hydrogen) atoms. The largest absolute Gasteiger partial charge is 0.450 e. The predicted octanol–water partition coefficient (Wildman–Crippen LogP) is 2.83. The molecule has 0 radical (unpaired) electrons. The number of likely N-dealkylation sites (tertiary alicyclic amines) is 1. The molecular weight excluding hydrogens is 390 g/mol. The second-order valence-corrected chi connectivity index (χ2v) is 8.98. The molecule has 0 bridgehead atoms. The summed E-state index contributed by atoms with van der Waals surface area (Å²) in [5.74, 6) is 0. The molecule has 1 amide bonds. The number of hydrogen-bond donors (Lipinski definition) is 1. The lowest BCUT2D eigenvalue weighted by Crippen LogP contribution is -2.57. The molecule has 1 saturated heterocycles. The first-order valence-corrected chi connectivity index (χ1v) is 11.7. The number of ether oxygens (including phenoxy) is 1. The smallest absolute Gasteiger partial charge is 0.410 e. The van der Waals surface area contributed by atoms with E-state index in [9.17, 15) is 13.2 Å². The lowest BCUT2D eigenvalue weighted by molar-refractivity contribution is 0.0676. The maximum Gasteiger partial charge on any atom is 0.410 e. The molecule has 1 aromatic heterocycles. The Bertz CT molecular complexity index is 934. The average Bonchev–Trinajstić information content (AvgIpc) is 2.69. The summed E-state index contributed by atoms with van der Waals surface area (Å²) in [6.07, 6.45) is 4.27. The van der Waals surface area contributed by atoms with E-state index in [2.05, 4.69) is 9.71 Å². The average molecular weight is 418 g/mol. The lowest BCUT2D eigenvalue weighted by atomic mass is 9.92. The number of benzene rings is 1. The number of rotatable bonds is 6. The summed E-state index contributed by atoms with van der Waals surface area (Å²) in [5, 5.41) is 0. The van der Waals surface area contributed by atoms with Gasteiger partial charge in [-0.25, -0.2) is 17.9 Å². The van der Waals surface area contributed by atoms with Crippen molar-refractivity contribution in [3.63, 3.8) is 0 Å². The number of piperidine rings is 1. The van der Waals surface area contributed by atoms with E-state index in [0.29, 0.717) is 25.8 Å². The van der Waals surface area contributed by atoms with Crippen LogP contribution in [-0.4, -0.2) is 55.9 Å². The summed E-state index contributed by atoms with van der Waals surface area (Å²) < 4.78 is 31.7. The Morgan fingerprint density at radius 3 is 2.69 bits per heavy atom. The summed E-state index contributed by atoms with van der Waals surface area (Å²) in [6, 6.07) is 13.2. The zero-order chi connectivity index (χ0) is 20.9. The molecule has 7 nitrogen and oxygen atoms in total. The third-order valence-electron chi connectivity index (χ3n) is 4.99. The highest BCUT2D eigenvalue weighted by atomic mass is 32.2. The number of carbonyl (C=O) groups excluding carboxylic acids is 1. The van der Waals surface area contributed by atoms with E-state index >= 15 is 0 Å². The number of aromatic nitrogens is 1. The quantitative estimate of drug-likeness (QED) is 0.781. The fourth-order valence-electron chi connectivity index (χ4n) is 3.77. The van der Waals surface area contributed by atoms with E-state index in [-0.39, 0.29) is 18.7 Å². The SMILES string of the molecule is CCOC(=O)N1CCC[C@@H](NS(C)(=O)=O)[C@H]1Cc1cc(-c2ccccc2)ccn1. The molecule has 1 aliphatic rings. The van der Waals surface area contributed by atoms with Crippen LogP contribution in [0.2, 0.25) is 0 Å². The molecule has 0 aliphatic carbocycles. The van der Waals surface area contributed by atoms with Crippen LogP contribution in [0.25, 0.3) is 11.1 Å². The maximum absolute atomic E-state index is 12.5. The van der Waals surface area contributed by atoms with Crippen molar-refractivity contribution in [3.05, 3.63) is 54.4 Å². The molecular formula is C21H27N3O4S. The number of hydrogen-bond acceptors (Lipinski definition) is 5. The van der Waals surface area contributed by atoms with Crippen molar-refractivity contribution in [2.24, 2.45) is 0 Å². The van der Waals surface area contributed by atoms with Crippen LogP contribution in [0.5, 0.6) is 0 Å². The number of carbonyl (C=O) groups is 1. The van der Waals surface area contributed by atoms with Crippen LogP contribution in [-0.2, 0) is 21.2 Å². The van der Waals surface area contributed by atoms with Crippen molar-refractivity contribution in [3.8, 4) is 11.1 Å². The first-order chi connectivity index (χ1) is 13.9.